The number of hydrogen-bond acceptors (Lipinski definition) is 4. The lowest BCUT2D eigenvalue weighted by molar-refractivity contribution is 0.210. The van der Waals surface area contributed by atoms with Gasteiger partial charge in [-0.2, -0.15) is 5.10 Å². The van der Waals surface area contributed by atoms with Crippen molar-refractivity contribution < 1.29 is 9.53 Å². The normalized spacial score (nSPS) is 10.5. The summed E-state index contributed by atoms with van der Waals surface area (Å²) in [5.41, 5.74) is 3.30. The maximum atomic E-state index is 12.3. The number of carbonyl (C=O) groups is 1. The van der Waals surface area contributed by atoms with Crippen molar-refractivity contribution in [3.05, 3.63) is 71.5 Å². The molecule has 7 nitrogen and oxygen atoms in total. The van der Waals surface area contributed by atoms with Gasteiger partial charge in [0.15, 0.2) is 0 Å². The molecule has 0 fully saturated rings. The van der Waals surface area contributed by atoms with Gasteiger partial charge in [0.2, 0.25) is 0 Å². The van der Waals surface area contributed by atoms with Crippen LogP contribution in [0.1, 0.15) is 5.56 Å². The zero-order valence-electron chi connectivity index (χ0n) is 15.5. The van der Waals surface area contributed by atoms with Crippen molar-refractivity contribution in [3.8, 4) is 5.69 Å². The van der Waals surface area contributed by atoms with Crippen molar-refractivity contribution in [1.82, 2.24) is 15.1 Å². The third-order valence-corrected chi connectivity index (χ3v) is 4.34. The third-order valence-electron chi connectivity index (χ3n) is 4.04. The highest BCUT2D eigenvalue weighted by molar-refractivity contribution is 6.32. The van der Waals surface area contributed by atoms with Gasteiger partial charge in [-0.3, -0.25) is 0 Å². The van der Waals surface area contributed by atoms with Crippen molar-refractivity contribution in [2.75, 3.05) is 30.9 Å². The molecule has 3 N–H and O–H groups in total. The lowest BCUT2D eigenvalue weighted by Crippen LogP contribution is -2.28. The van der Waals surface area contributed by atoms with E-state index in [1.807, 2.05) is 30.3 Å². The Balaban J connectivity index is 1.57. The van der Waals surface area contributed by atoms with Crippen LogP contribution in [0, 0.1) is 0 Å². The number of carbonyl (C=O) groups excluding carboxylic acids is 1. The Morgan fingerprint density at radius 2 is 2.07 bits per heavy atom. The van der Waals surface area contributed by atoms with Gasteiger partial charge < -0.3 is 20.7 Å². The van der Waals surface area contributed by atoms with Crippen LogP contribution in [0.25, 0.3) is 5.69 Å². The monoisotopic (exact) mass is 399 g/mol. The molecule has 3 aromatic rings. The van der Waals surface area contributed by atoms with Gasteiger partial charge in [-0.25, -0.2) is 9.48 Å². The molecule has 0 saturated heterocycles. The van der Waals surface area contributed by atoms with Crippen LogP contribution >= 0.6 is 11.6 Å². The lowest BCUT2D eigenvalue weighted by atomic mass is 10.1. The van der Waals surface area contributed by atoms with Crippen LogP contribution in [0.5, 0.6) is 0 Å². The zero-order chi connectivity index (χ0) is 19.8. The number of methoxy groups -OCH3 is 1. The Morgan fingerprint density at radius 1 is 1.21 bits per heavy atom. The molecule has 0 aliphatic carbocycles. The van der Waals surface area contributed by atoms with Gasteiger partial charge >= 0.3 is 6.03 Å². The molecule has 146 valence electrons. The van der Waals surface area contributed by atoms with Crippen LogP contribution in [0.4, 0.5) is 16.2 Å². The summed E-state index contributed by atoms with van der Waals surface area (Å²) < 4.78 is 6.72. The summed E-state index contributed by atoms with van der Waals surface area (Å²) in [6, 6.07) is 14.6. The summed E-state index contributed by atoms with van der Waals surface area (Å²) in [5, 5.41) is 13.6. The van der Waals surface area contributed by atoms with Crippen LogP contribution in [-0.4, -0.2) is 36.1 Å². The van der Waals surface area contributed by atoms with Gasteiger partial charge in [0.05, 0.1) is 17.3 Å². The van der Waals surface area contributed by atoms with E-state index in [2.05, 4.69) is 21.0 Å². The summed E-state index contributed by atoms with van der Waals surface area (Å²) in [5.74, 6) is 0. The molecule has 0 bridgehead atoms. The van der Waals surface area contributed by atoms with Gasteiger partial charge in [-0.15, -0.1) is 0 Å². The minimum atomic E-state index is -0.311. The van der Waals surface area contributed by atoms with Crippen molar-refractivity contribution in [2.24, 2.45) is 0 Å². The second-order valence-corrected chi connectivity index (χ2v) is 6.41. The Morgan fingerprint density at radius 3 is 2.82 bits per heavy atom. The molecule has 0 aliphatic heterocycles. The molecule has 0 aliphatic rings. The average molecular weight is 400 g/mol. The second kappa shape index (κ2) is 9.77. The number of halogens is 1. The molecule has 8 heteroatoms. The molecule has 0 saturated carbocycles. The second-order valence-electron chi connectivity index (χ2n) is 6.00. The fourth-order valence-corrected chi connectivity index (χ4v) is 2.93. The van der Waals surface area contributed by atoms with E-state index in [4.69, 9.17) is 16.3 Å². The molecule has 0 atom stereocenters. The molecule has 0 radical (unpaired) electrons. The SMILES string of the molecule is COCCNc1ccccc1CNC(=O)Nc1ccc(-n2cccn2)c(Cl)c1. The number of aromatic nitrogens is 2. The first-order valence-corrected chi connectivity index (χ1v) is 9.20. The minimum absolute atomic E-state index is 0.311. The average Bonchev–Trinajstić information content (AvgIpc) is 3.22. The highest BCUT2D eigenvalue weighted by Gasteiger charge is 2.08. The first kappa shape index (κ1) is 19.7. The van der Waals surface area contributed by atoms with E-state index in [-0.39, 0.29) is 6.03 Å². The first-order chi connectivity index (χ1) is 13.7. The number of urea groups is 1. The van der Waals surface area contributed by atoms with E-state index < -0.39 is 0 Å². The number of ether oxygens (including phenoxy) is 1. The summed E-state index contributed by atoms with van der Waals surface area (Å²) in [4.78, 5) is 12.3. The maximum Gasteiger partial charge on any atom is 0.319 e. The number of rotatable bonds is 8. The number of hydrogen-bond donors (Lipinski definition) is 3. The molecule has 0 unspecified atom stereocenters. The number of nitrogens with one attached hydrogen (secondary N) is 3. The Hall–Kier alpha value is -3.03. The third kappa shape index (κ3) is 5.25. The summed E-state index contributed by atoms with van der Waals surface area (Å²) in [7, 11) is 1.66. The van der Waals surface area contributed by atoms with Crippen molar-refractivity contribution in [2.45, 2.75) is 6.54 Å². The van der Waals surface area contributed by atoms with Crippen LogP contribution in [0.15, 0.2) is 60.9 Å². The smallest absolute Gasteiger partial charge is 0.319 e. The quantitative estimate of drug-likeness (QED) is 0.502. The zero-order valence-corrected chi connectivity index (χ0v) is 16.2. The first-order valence-electron chi connectivity index (χ1n) is 8.82. The molecule has 1 heterocycles. The molecule has 1 aromatic heterocycles. The van der Waals surface area contributed by atoms with Crippen molar-refractivity contribution in [3.63, 3.8) is 0 Å². The number of anilines is 2. The highest BCUT2D eigenvalue weighted by atomic mass is 35.5. The lowest BCUT2D eigenvalue weighted by Gasteiger charge is -2.13. The van der Waals surface area contributed by atoms with E-state index >= 15 is 0 Å². The summed E-state index contributed by atoms with van der Waals surface area (Å²) in [6.45, 7) is 1.69. The predicted molar refractivity (Wildman–Crippen MR) is 111 cm³/mol. The summed E-state index contributed by atoms with van der Waals surface area (Å²) >= 11 is 6.31. The van der Waals surface area contributed by atoms with Crippen LogP contribution in [0.2, 0.25) is 5.02 Å². The van der Waals surface area contributed by atoms with Crippen molar-refractivity contribution in [1.29, 1.82) is 0 Å². The maximum absolute atomic E-state index is 12.3. The fraction of sp³-hybridized carbons (Fsp3) is 0.200. The van der Waals surface area contributed by atoms with Crippen LogP contribution in [-0.2, 0) is 11.3 Å². The molecular weight excluding hydrogens is 378 g/mol. The van der Waals surface area contributed by atoms with Crippen molar-refractivity contribution >= 4 is 29.0 Å². The van der Waals surface area contributed by atoms with E-state index in [0.717, 1.165) is 16.9 Å². The number of nitrogens with zero attached hydrogens (tertiary/aromatic N) is 2. The fourth-order valence-electron chi connectivity index (χ4n) is 2.67. The standard InChI is InChI=1S/C20H22ClN5O2/c1-28-12-10-22-18-6-3-2-5-15(18)14-23-20(27)25-16-7-8-19(17(21)13-16)26-11-4-9-24-26/h2-9,11,13,22H,10,12,14H2,1H3,(H2,23,25,27). The topological polar surface area (TPSA) is 80.2 Å². The Labute approximate surface area is 168 Å². The summed E-state index contributed by atoms with van der Waals surface area (Å²) in [6.07, 6.45) is 3.48. The van der Waals surface area contributed by atoms with Gasteiger partial charge in [-0.1, -0.05) is 29.8 Å². The van der Waals surface area contributed by atoms with Gasteiger partial charge in [0.1, 0.15) is 0 Å². The van der Waals surface area contributed by atoms with E-state index in [1.165, 1.54) is 0 Å². The predicted octanol–water partition coefficient (Wildman–Crippen LogP) is 3.91. The number of para-hydroxylation sites is 1. The number of benzene rings is 2. The number of amides is 2. The molecule has 28 heavy (non-hydrogen) atoms. The Bertz CT molecular complexity index is 915. The largest absolute Gasteiger partial charge is 0.383 e. The Kier molecular flexibility index (Phi) is 6.89. The highest BCUT2D eigenvalue weighted by Crippen LogP contribution is 2.24. The molecule has 3 rings (SSSR count). The van der Waals surface area contributed by atoms with E-state index in [1.54, 1.807) is 42.4 Å². The van der Waals surface area contributed by atoms with Gasteiger partial charge in [0.25, 0.3) is 0 Å². The van der Waals surface area contributed by atoms with E-state index in [9.17, 15) is 4.79 Å². The molecule has 2 aromatic carbocycles. The molecule has 0 spiro atoms. The van der Waals surface area contributed by atoms with Gasteiger partial charge in [0, 0.05) is 44.0 Å². The van der Waals surface area contributed by atoms with Crippen LogP contribution in [0.3, 0.4) is 0 Å². The van der Waals surface area contributed by atoms with E-state index in [0.29, 0.717) is 30.4 Å². The minimum Gasteiger partial charge on any atom is -0.383 e. The molecule has 2 amide bonds. The van der Waals surface area contributed by atoms with Crippen LogP contribution < -0.4 is 16.0 Å². The molecular formula is C20H22ClN5O2. The van der Waals surface area contributed by atoms with Gasteiger partial charge in [-0.05, 0) is 35.9 Å².